The SMILES string of the molecule is CCOC(=O)C=C(C)CO[Si](C)(C)C(C)(C)C. The molecular formula is C13H26O3Si. The molecule has 0 amide bonds. The molecule has 0 spiro atoms. The zero-order valence-corrected chi connectivity index (χ0v) is 13.2. The van der Waals surface area contributed by atoms with Crippen molar-refractivity contribution in [3.8, 4) is 0 Å². The van der Waals surface area contributed by atoms with Gasteiger partial charge in [-0.15, -0.1) is 0 Å². The fraction of sp³-hybridized carbons (Fsp3) is 0.769. The molecule has 0 aromatic heterocycles. The third-order valence-electron chi connectivity index (χ3n) is 3.12. The summed E-state index contributed by atoms with van der Waals surface area (Å²) >= 11 is 0. The zero-order valence-electron chi connectivity index (χ0n) is 12.2. The van der Waals surface area contributed by atoms with Crippen molar-refractivity contribution in [3.63, 3.8) is 0 Å². The molecule has 0 rings (SSSR count). The highest BCUT2D eigenvalue weighted by Gasteiger charge is 2.36. The summed E-state index contributed by atoms with van der Waals surface area (Å²) in [7, 11) is -1.73. The second-order valence-corrected chi connectivity index (χ2v) is 10.6. The molecule has 0 unspecified atom stereocenters. The van der Waals surface area contributed by atoms with Gasteiger partial charge in [-0.1, -0.05) is 20.8 Å². The molecule has 0 N–H and O–H groups in total. The number of hydrogen-bond acceptors (Lipinski definition) is 3. The summed E-state index contributed by atoms with van der Waals surface area (Å²) in [6.07, 6.45) is 1.51. The van der Waals surface area contributed by atoms with Crippen molar-refractivity contribution in [1.82, 2.24) is 0 Å². The lowest BCUT2D eigenvalue weighted by Crippen LogP contribution is -2.41. The fourth-order valence-electron chi connectivity index (χ4n) is 0.938. The van der Waals surface area contributed by atoms with Crippen molar-refractivity contribution in [1.29, 1.82) is 0 Å². The van der Waals surface area contributed by atoms with E-state index < -0.39 is 8.32 Å². The first kappa shape index (κ1) is 16.4. The van der Waals surface area contributed by atoms with Crippen molar-refractivity contribution in [2.75, 3.05) is 13.2 Å². The number of ether oxygens (including phenoxy) is 1. The van der Waals surface area contributed by atoms with E-state index in [0.717, 1.165) is 5.57 Å². The second-order valence-electron chi connectivity index (χ2n) is 5.79. The van der Waals surface area contributed by atoms with E-state index in [1.54, 1.807) is 6.92 Å². The van der Waals surface area contributed by atoms with Crippen LogP contribution in [0.2, 0.25) is 18.1 Å². The van der Waals surface area contributed by atoms with Gasteiger partial charge in [-0.05, 0) is 37.6 Å². The molecule has 0 heterocycles. The van der Waals surface area contributed by atoms with Crippen LogP contribution >= 0.6 is 0 Å². The van der Waals surface area contributed by atoms with Gasteiger partial charge in [0.15, 0.2) is 8.32 Å². The van der Waals surface area contributed by atoms with Crippen LogP contribution in [0.1, 0.15) is 34.6 Å². The number of rotatable bonds is 5. The van der Waals surface area contributed by atoms with Crippen LogP contribution in [0, 0.1) is 0 Å². The average molecular weight is 258 g/mol. The lowest BCUT2D eigenvalue weighted by molar-refractivity contribution is -0.137. The predicted octanol–water partition coefficient (Wildman–Crippen LogP) is 3.52. The van der Waals surface area contributed by atoms with E-state index in [1.165, 1.54) is 6.08 Å². The Balaban J connectivity index is 4.34. The van der Waals surface area contributed by atoms with Gasteiger partial charge in [0.2, 0.25) is 0 Å². The normalized spacial score (nSPS) is 13.7. The highest BCUT2D eigenvalue weighted by molar-refractivity contribution is 6.74. The molecule has 100 valence electrons. The molecular weight excluding hydrogens is 232 g/mol. The Labute approximate surface area is 106 Å². The van der Waals surface area contributed by atoms with Crippen molar-refractivity contribution in [3.05, 3.63) is 11.6 Å². The minimum atomic E-state index is -1.73. The minimum absolute atomic E-state index is 0.192. The quantitative estimate of drug-likeness (QED) is 0.430. The predicted molar refractivity (Wildman–Crippen MR) is 73.5 cm³/mol. The van der Waals surface area contributed by atoms with Gasteiger partial charge in [0.25, 0.3) is 0 Å². The molecule has 4 heteroatoms. The number of esters is 1. The molecule has 0 aromatic carbocycles. The molecule has 0 atom stereocenters. The Hall–Kier alpha value is -0.613. The van der Waals surface area contributed by atoms with E-state index in [0.29, 0.717) is 13.2 Å². The smallest absolute Gasteiger partial charge is 0.330 e. The Morgan fingerprint density at radius 3 is 2.24 bits per heavy atom. The van der Waals surface area contributed by atoms with Crippen molar-refractivity contribution >= 4 is 14.3 Å². The highest BCUT2D eigenvalue weighted by Crippen LogP contribution is 2.36. The third-order valence-corrected chi connectivity index (χ3v) is 7.60. The van der Waals surface area contributed by atoms with Gasteiger partial charge in [-0.3, -0.25) is 0 Å². The largest absolute Gasteiger partial charge is 0.463 e. The molecule has 0 bridgehead atoms. The summed E-state index contributed by atoms with van der Waals surface area (Å²) < 4.78 is 10.8. The minimum Gasteiger partial charge on any atom is -0.463 e. The van der Waals surface area contributed by atoms with E-state index in [1.807, 2.05) is 6.92 Å². The fourth-order valence-corrected chi connectivity index (χ4v) is 1.96. The van der Waals surface area contributed by atoms with Gasteiger partial charge >= 0.3 is 5.97 Å². The Bertz CT molecular complexity index is 288. The van der Waals surface area contributed by atoms with Crippen LogP contribution in [-0.4, -0.2) is 27.5 Å². The Morgan fingerprint density at radius 1 is 1.29 bits per heavy atom. The number of carbonyl (C=O) groups excluding carboxylic acids is 1. The van der Waals surface area contributed by atoms with Crippen LogP contribution in [0.3, 0.4) is 0 Å². The van der Waals surface area contributed by atoms with Crippen molar-refractivity contribution < 1.29 is 14.0 Å². The van der Waals surface area contributed by atoms with Gasteiger partial charge < -0.3 is 9.16 Å². The summed E-state index contributed by atoms with van der Waals surface area (Å²) in [4.78, 5) is 11.2. The molecule has 0 saturated heterocycles. The Morgan fingerprint density at radius 2 is 1.82 bits per heavy atom. The topological polar surface area (TPSA) is 35.5 Å². The van der Waals surface area contributed by atoms with E-state index >= 15 is 0 Å². The third kappa shape index (κ3) is 6.03. The van der Waals surface area contributed by atoms with Crippen LogP contribution in [-0.2, 0) is 14.0 Å². The lowest BCUT2D eigenvalue weighted by atomic mass is 10.2. The number of carbonyl (C=O) groups is 1. The first-order valence-electron chi connectivity index (χ1n) is 6.08. The molecule has 0 saturated carbocycles. The first-order valence-corrected chi connectivity index (χ1v) is 8.99. The van der Waals surface area contributed by atoms with Crippen LogP contribution in [0.15, 0.2) is 11.6 Å². The molecule has 0 radical (unpaired) electrons. The maximum atomic E-state index is 11.2. The molecule has 17 heavy (non-hydrogen) atoms. The summed E-state index contributed by atoms with van der Waals surface area (Å²) in [5, 5.41) is 0.192. The molecule has 0 aliphatic heterocycles. The zero-order chi connectivity index (χ0) is 13.7. The van der Waals surface area contributed by atoms with Crippen LogP contribution < -0.4 is 0 Å². The van der Waals surface area contributed by atoms with E-state index in [4.69, 9.17) is 9.16 Å². The monoisotopic (exact) mass is 258 g/mol. The van der Waals surface area contributed by atoms with E-state index in [2.05, 4.69) is 33.9 Å². The maximum absolute atomic E-state index is 11.2. The number of hydrogen-bond donors (Lipinski definition) is 0. The summed E-state index contributed by atoms with van der Waals surface area (Å²) in [6.45, 7) is 15.6. The second kappa shape index (κ2) is 6.35. The molecule has 0 fully saturated rings. The molecule has 0 aromatic rings. The molecule has 0 aliphatic rings. The van der Waals surface area contributed by atoms with E-state index in [9.17, 15) is 4.79 Å². The van der Waals surface area contributed by atoms with Crippen molar-refractivity contribution in [2.45, 2.75) is 52.8 Å². The van der Waals surface area contributed by atoms with Gasteiger partial charge in [0.05, 0.1) is 13.2 Å². The molecule has 0 aliphatic carbocycles. The van der Waals surface area contributed by atoms with Gasteiger partial charge in [-0.2, -0.15) is 0 Å². The highest BCUT2D eigenvalue weighted by atomic mass is 28.4. The summed E-state index contributed by atoms with van der Waals surface area (Å²) in [5.74, 6) is -0.288. The maximum Gasteiger partial charge on any atom is 0.330 e. The van der Waals surface area contributed by atoms with Crippen LogP contribution in [0.25, 0.3) is 0 Å². The van der Waals surface area contributed by atoms with Crippen LogP contribution in [0.5, 0.6) is 0 Å². The van der Waals surface area contributed by atoms with Gasteiger partial charge in [0, 0.05) is 6.08 Å². The van der Waals surface area contributed by atoms with Crippen molar-refractivity contribution in [2.24, 2.45) is 0 Å². The van der Waals surface area contributed by atoms with Gasteiger partial charge in [-0.25, -0.2) is 4.79 Å². The Kier molecular flexibility index (Phi) is 6.13. The standard InChI is InChI=1S/C13H26O3Si/c1-8-15-12(14)9-11(2)10-16-17(6,7)13(3,4)5/h9H,8,10H2,1-7H3. The van der Waals surface area contributed by atoms with Crippen LogP contribution in [0.4, 0.5) is 0 Å². The average Bonchev–Trinajstić information content (AvgIpc) is 2.13. The van der Waals surface area contributed by atoms with Gasteiger partial charge in [0.1, 0.15) is 0 Å². The molecule has 3 nitrogen and oxygen atoms in total. The summed E-state index contributed by atoms with van der Waals surface area (Å²) in [6, 6.07) is 0. The summed E-state index contributed by atoms with van der Waals surface area (Å²) in [5.41, 5.74) is 0.910. The first-order chi connectivity index (χ1) is 7.60. The lowest BCUT2D eigenvalue weighted by Gasteiger charge is -2.36. The van der Waals surface area contributed by atoms with E-state index in [-0.39, 0.29) is 11.0 Å².